The zero-order valence-electron chi connectivity index (χ0n) is 19.7. The summed E-state index contributed by atoms with van der Waals surface area (Å²) in [6.07, 6.45) is 1.20. The maximum atomic E-state index is 12.7. The van der Waals surface area contributed by atoms with Crippen LogP contribution in [0, 0.1) is 0 Å². The number of anilines is 1. The van der Waals surface area contributed by atoms with Crippen LogP contribution in [0.5, 0.6) is 0 Å². The third kappa shape index (κ3) is 6.60. The first-order chi connectivity index (χ1) is 14.6. The van der Waals surface area contributed by atoms with Crippen LogP contribution in [0.15, 0.2) is 24.3 Å². The Labute approximate surface area is 186 Å². The van der Waals surface area contributed by atoms with Crippen LogP contribution in [0.2, 0.25) is 0 Å². The second-order valence-corrected chi connectivity index (χ2v) is 9.88. The summed E-state index contributed by atoms with van der Waals surface area (Å²) in [5, 5.41) is 3.12. The number of hydrogen-bond donors (Lipinski definition) is 1. The van der Waals surface area contributed by atoms with E-state index in [-0.39, 0.29) is 18.0 Å². The van der Waals surface area contributed by atoms with Crippen LogP contribution in [0.4, 0.5) is 10.5 Å². The molecule has 1 aromatic carbocycles. The summed E-state index contributed by atoms with van der Waals surface area (Å²) < 4.78 is 5.43. The fourth-order valence-corrected chi connectivity index (χ4v) is 4.12. The van der Waals surface area contributed by atoms with Gasteiger partial charge in [-0.1, -0.05) is 0 Å². The topological polar surface area (TPSA) is 65.1 Å². The Morgan fingerprint density at radius 2 is 1.55 bits per heavy atom. The number of likely N-dealkylation sites (tertiary alicyclic amines) is 1. The van der Waals surface area contributed by atoms with Gasteiger partial charge in [-0.25, -0.2) is 4.79 Å². The monoisotopic (exact) mass is 430 g/mol. The highest BCUT2D eigenvalue weighted by Gasteiger charge is 2.27. The molecule has 2 aliphatic heterocycles. The van der Waals surface area contributed by atoms with E-state index < -0.39 is 5.60 Å². The molecule has 2 saturated heterocycles. The molecule has 31 heavy (non-hydrogen) atoms. The number of rotatable bonds is 4. The van der Waals surface area contributed by atoms with Crippen molar-refractivity contribution in [3.63, 3.8) is 0 Å². The van der Waals surface area contributed by atoms with Gasteiger partial charge in [0.2, 0.25) is 0 Å². The number of amides is 2. The molecule has 3 rings (SSSR count). The molecule has 0 saturated carbocycles. The van der Waals surface area contributed by atoms with Gasteiger partial charge in [0, 0.05) is 62.6 Å². The second kappa shape index (κ2) is 9.90. The molecule has 7 heteroatoms. The summed E-state index contributed by atoms with van der Waals surface area (Å²) in [6.45, 7) is 15.5. The normalized spacial score (nSPS) is 18.9. The third-order valence-electron chi connectivity index (χ3n) is 6.02. The minimum absolute atomic E-state index is 0.0492. The van der Waals surface area contributed by atoms with Crippen LogP contribution >= 0.6 is 0 Å². The van der Waals surface area contributed by atoms with Crippen molar-refractivity contribution in [2.45, 2.75) is 65.1 Å². The average Bonchev–Trinajstić information content (AvgIpc) is 2.73. The molecule has 0 spiro atoms. The molecular weight excluding hydrogens is 392 g/mol. The average molecular weight is 431 g/mol. The van der Waals surface area contributed by atoms with Gasteiger partial charge in [-0.05, 0) is 71.7 Å². The minimum Gasteiger partial charge on any atom is -0.444 e. The maximum absolute atomic E-state index is 12.7. The molecular formula is C24H38N4O3. The van der Waals surface area contributed by atoms with E-state index in [0.29, 0.717) is 24.7 Å². The fourth-order valence-electron chi connectivity index (χ4n) is 4.12. The highest BCUT2D eigenvalue weighted by atomic mass is 16.6. The van der Waals surface area contributed by atoms with Crippen molar-refractivity contribution in [3.05, 3.63) is 29.8 Å². The predicted molar refractivity (Wildman–Crippen MR) is 124 cm³/mol. The number of carbonyl (C=O) groups is 2. The Kier molecular flexibility index (Phi) is 7.46. The number of hydrogen-bond acceptors (Lipinski definition) is 5. The molecule has 1 aromatic rings. The van der Waals surface area contributed by atoms with Crippen molar-refractivity contribution < 1.29 is 14.3 Å². The van der Waals surface area contributed by atoms with Crippen molar-refractivity contribution in [3.8, 4) is 0 Å². The van der Waals surface area contributed by atoms with E-state index >= 15 is 0 Å². The van der Waals surface area contributed by atoms with Crippen LogP contribution < -0.4 is 10.2 Å². The molecule has 7 nitrogen and oxygen atoms in total. The van der Waals surface area contributed by atoms with Crippen molar-refractivity contribution in [2.24, 2.45) is 0 Å². The summed E-state index contributed by atoms with van der Waals surface area (Å²) in [4.78, 5) is 31.5. The zero-order valence-corrected chi connectivity index (χ0v) is 19.7. The van der Waals surface area contributed by atoms with E-state index in [0.717, 1.165) is 39.0 Å². The smallest absolute Gasteiger partial charge is 0.410 e. The van der Waals surface area contributed by atoms with Gasteiger partial charge >= 0.3 is 6.09 Å². The number of piperazine rings is 1. The first-order valence-corrected chi connectivity index (χ1v) is 11.5. The molecule has 2 heterocycles. The molecule has 2 aliphatic rings. The molecule has 172 valence electrons. The Morgan fingerprint density at radius 3 is 2.06 bits per heavy atom. The van der Waals surface area contributed by atoms with Gasteiger partial charge in [0.1, 0.15) is 5.60 Å². The molecule has 0 bridgehead atoms. The Hall–Kier alpha value is -2.28. The van der Waals surface area contributed by atoms with Crippen LogP contribution in [0.25, 0.3) is 0 Å². The molecule has 0 atom stereocenters. The number of carbonyl (C=O) groups excluding carboxylic acids is 2. The fraction of sp³-hybridized carbons (Fsp3) is 0.667. The summed E-state index contributed by atoms with van der Waals surface area (Å²) in [5.74, 6) is -0.0492. The first-order valence-electron chi connectivity index (χ1n) is 11.5. The van der Waals surface area contributed by atoms with Crippen molar-refractivity contribution in [2.75, 3.05) is 44.2 Å². The highest BCUT2D eigenvalue weighted by molar-refractivity contribution is 5.94. The summed E-state index contributed by atoms with van der Waals surface area (Å²) >= 11 is 0. The van der Waals surface area contributed by atoms with Gasteiger partial charge in [-0.3, -0.25) is 9.69 Å². The van der Waals surface area contributed by atoms with Gasteiger partial charge < -0.3 is 19.9 Å². The van der Waals surface area contributed by atoms with Gasteiger partial charge in [-0.15, -0.1) is 0 Å². The molecule has 2 amide bonds. The SMILES string of the molecule is CC(C)N1CCN(c2ccc(C(=O)NC3CCN(C(=O)OC(C)(C)C)CC3)cc2)CC1. The number of piperidine rings is 1. The van der Waals surface area contributed by atoms with E-state index in [1.165, 1.54) is 5.69 Å². The lowest BCUT2D eigenvalue weighted by Crippen LogP contribution is -2.49. The second-order valence-electron chi connectivity index (χ2n) is 9.88. The van der Waals surface area contributed by atoms with E-state index in [2.05, 4.69) is 29.0 Å². The van der Waals surface area contributed by atoms with Gasteiger partial charge in [0.15, 0.2) is 0 Å². The zero-order chi connectivity index (χ0) is 22.6. The molecule has 1 N–H and O–H groups in total. The van der Waals surface area contributed by atoms with E-state index in [1.807, 2.05) is 45.0 Å². The Balaban J connectivity index is 1.46. The molecule has 0 radical (unpaired) electrons. The number of nitrogens with one attached hydrogen (secondary N) is 1. The van der Waals surface area contributed by atoms with E-state index in [1.54, 1.807) is 4.90 Å². The van der Waals surface area contributed by atoms with Crippen molar-refractivity contribution >= 4 is 17.7 Å². The maximum Gasteiger partial charge on any atom is 0.410 e. The molecule has 0 aliphatic carbocycles. The lowest BCUT2D eigenvalue weighted by molar-refractivity contribution is 0.0199. The van der Waals surface area contributed by atoms with Crippen LogP contribution in [0.3, 0.4) is 0 Å². The summed E-state index contributed by atoms with van der Waals surface area (Å²) in [7, 11) is 0. The Bertz CT molecular complexity index is 741. The Morgan fingerprint density at radius 1 is 0.968 bits per heavy atom. The first kappa shape index (κ1) is 23.4. The van der Waals surface area contributed by atoms with Crippen molar-refractivity contribution in [1.29, 1.82) is 0 Å². The number of benzene rings is 1. The van der Waals surface area contributed by atoms with Gasteiger partial charge in [0.05, 0.1) is 0 Å². The number of ether oxygens (including phenoxy) is 1. The third-order valence-corrected chi connectivity index (χ3v) is 6.02. The quantitative estimate of drug-likeness (QED) is 0.794. The van der Waals surface area contributed by atoms with Crippen molar-refractivity contribution in [1.82, 2.24) is 15.1 Å². The highest BCUT2D eigenvalue weighted by Crippen LogP contribution is 2.19. The van der Waals surface area contributed by atoms with Gasteiger partial charge in [0.25, 0.3) is 5.91 Å². The lowest BCUT2D eigenvalue weighted by Gasteiger charge is -2.38. The summed E-state index contributed by atoms with van der Waals surface area (Å²) in [5.41, 5.74) is 1.36. The largest absolute Gasteiger partial charge is 0.444 e. The lowest BCUT2D eigenvalue weighted by atomic mass is 10.0. The summed E-state index contributed by atoms with van der Waals surface area (Å²) in [6, 6.07) is 8.58. The molecule has 0 unspecified atom stereocenters. The standard InChI is InChI=1S/C24H38N4O3/c1-18(2)26-14-16-27(17-15-26)21-8-6-19(7-9-21)22(29)25-20-10-12-28(13-11-20)23(30)31-24(3,4)5/h6-9,18,20H,10-17H2,1-5H3,(H,25,29). The van der Waals surface area contributed by atoms with Crippen LogP contribution in [0.1, 0.15) is 57.8 Å². The van der Waals surface area contributed by atoms with Crippen LogP contribution in [-0.2, 0) is 4.74 Å². The number of nitrogens with zero attached hydrogens (tertiary/aromatic N) is 3. The minimum atomic E-state index is -0.490. The van der Waals surface area contributed by atoms with E-state index in [9.17, 15) is 9.59 Å². The van der Waals surface area contributed by atoms with Crippen LogP contribution in [-0.4, -0.2) is 78.8 Å². The van der Waals surface area contributed by atoms with E-state index in [4.69, 9.17) is 4.74 Å². The molecule has 2 fully saturated rings. The van der Waals surface area contributed by atoms with Gasteiger partial charge in [-0.2, -0.15) is 0 Å². The molecule has 0 aromatic heterocycles. The predicted octanol–water partition coefficient (Wildman–Crippen LogP) is 3.35.